The highest BCUT2D eigenvalue weighted by Gasteiger charge is 2.21. The van der Waals surface area contributed by atoms with Gasteiger partial charge in [0.15, 0.2) is 0 Å². The third kappa shape index (κ3) is 4.56. The summed E-state index contributed by atoms with van der Waals surface area (Å²) in [5, 5.41) is 2.81. The van der Waals surface area contributed by atoms with Gasteiger partial charge in [0.2, 0.25) is 5.91 Å². The molecule has 5 heteroatoms. The first-order valence-corrected chi connectivity index (χ1v) is 7.99. The SMILES string of the molecule is CC1CCN(C(=O)c2ccc(NC(=O)CCCN)cc2)CC1. The number of piperidine rings is 1. The molecule has 0 radical (unpaired) electrons. The zero-order chi connectivity index (χ0) is 15.9. The smallest absolute Gasteiger partial charge is 0.253 e. The van der Waals surface area contributed by atoms with Gasteiger partial charge in [-0.3, -0.25) is 9.59 Å². The molecule has 1 saturated heterocycles. The van der Waals surface area contributed by atoms with Crippen molar-refractivity contribution in [1.29, 1.82) is 0 Å². The third-order valence-corrected chi connectivity index (χ3v) is 4.09. The minimum atomic E-state index is -0.0467. The summed E-state index contributed by atoms with van der Waals surface area (Å²) in [7, 11) is 0. The van der Waals surface area contributed by atoms with E-state index >= 15 is 0 Å². The van der Waals surface area contributed by atoms with Crippen LogP contribution in [0.4, 0.5) is 5.69 Å². The number of rotatable bonds is 5. The fraction of sp³-hybridized carbons (Fsp3) is 0.529. The largest absolute Gasteiger partial charge is 0.339 e. The van der Waals surface area contributed by atoms with Crippen molar-refractivity contribution in [3.05, 3.63) is 29.8 Å². The van der Waals surface area contributed by atoms with E-state index in [4.69, 9.17) is 5.73 Å². The second-order valence-electron chi connectivity index (χ2n) is 5.99. The molecular weight excluding hydrogens is 278 g/mol. The highest BCUT2D eigenvalue weighted by Crippen LogP contribution is 2.19. The lowest BCUT2D eigenvalue weighted by molar-refractivity contribution is -0.116. The summed E-state index contributed by atoms with van der Waals surface area (Å²) in [6, 6.07) is 7.11. The van der Waals surface area contributed by atoms with Gasteiger partial charge in [0.25, 0.3) is 5.91 Å². The van der Waals surface area contributed by atoms with Crippen LogP contribution in [-0.4, -0.2) is 36.3 Å². The number of likely N-dealkylation sites (tertiary alicyclic amines) is 1. The zero-order valence-electron chi connectivity index (χ0n) is 13.2. The van der Waals surface area contributed by atoms with Crippen molar-refractivity contribution in [3.63, 3.8) is 0 Å². The fourth-order valence-electron chi connectivity index (χ4n) is 2.58. The van der Waals surface area contributed by atoms with Crippen molar-refractivity contribution < 1.29 is 9.59 Å². The van der Waals surface area contributed by atoms with Crippen LogP contribution < -0.4 is 11.1 Å². The first-order chi connectivity index (χ1) is 10.6. The Morgan fingerprint density at radius 2 is 1.86 bits per heavy atom. The van der Waals surface area contributed by atoms with Gasteiger partial charge >= 0.3 is 0 Å². The van der Waals surface area contributed by atoms with Crippen LogP contribution in [0, 0.1) is 5.92 Å². The van der Waals surface area contributed by atoms with E-state index in [-0.39, 0.29) is 11.8 Å². The van der Waals surface area contributed by atoms with Crippen LogP contribution in [0.3, 0.4) is 0 Å². The molecular formula is C17H25N3O2. The van der Waals surface area contributed by atoms with Crippen LogP contribution >= 0.6 is 0 Å². The number of carbonyl (C=O) groups excluding carboxylic acids is 2. The van der Waals surface area contributed by atoms with Gasteiger partial charge in [-0.1, -0.05) is 6.92 Å². The van der Waals surface area contributed by atoms with E-state index in [0.29, 0.717) is 36.6 Å². The molecule has 0 aliphatic carbocycles. The van der Waals surface area contributed by atoms with Gasteiger partial charge in [0.05, 0.1) is 0 Å². The number of anilines is 1. The van der Waals surface area contributed by atoms with E-state index < -0.39 is 0 Å². The third-order valence-electron chi connectivity index (χ3n) is 4.09. The van der Waals surface area contributed by atoms with Gasteiger partial charge < -0.3 is 16.0 Å². The number of nitrogens with zero attached hydrogens (tertiary/aromatic N) is 1. The van der Waals surface area contributed by atoms with Crippen LogP contribution in [0.5, 0.6) is 0 Å². The maximum absolute atomic E-state index is 12.4. The van der Waals surface area contributed by atoms with Crippen LogP contribution in [0.2, 0.25) is 0 Å². The molecule has 0 bridgehead atoms. The van der Waals surface area contributed by atoms with Gasteiger partial charge in [-0.25, -0.2) is 0 Å². The van der Waals surface area contributed by atoms with E-state index in [9.17, 15) is 9.59 Å². The Hall–Kier alpha value is -1.88. The van der Waals surface area contributed by atoms with Crippen LogP contribution in [0.25, 0.3) is 0 Å². The topological polar surface area (TPSA) is 75.4 Å². The summed E-state index contributed by atoms with van der Waals surface area (Å²) in [4.78, 5) is 25.9. The molecule has 1 fully saturated rings. The van der Waals surface area contributed by atoms with E-state index in [1.165, 1.54) is 0 Å². The standard InChI is InChI=1S/C17H25N3O2/c1-13-8-11-20(12-9-13)17(22)14-4-6-15(7-5-14)19-16(21)3-2-10-18/h4-7,13H,2-3,8-12,18H2,1H3,(H,19,21). The average molecular weight is 303 g/mol. The molecule has 0 atom stereocenters. The molecule has 120 valence electrons. The van der Waals surface area contributed by atoms with Crippen molar-refractivity contribution in [1.82, 2.24) is 4.90 Å². The number of hydrogen-bond donors (Lipinski definition) is 2. The van der Waals surface area contributed by atoms with Gasteiger partial charge in [-0.2, -0.15) is 0 Å². The second-order valence-corrected chi connectivity index (χ2v) is 5.99. The van der Waals surface area contributed by atoms with Crippen LogP contribution in [0.15, 0.2) is 24.3 Å². The molecule has 22 heavy (non-hydrogen) atoms. The number of carbonyl (C=O) groups is 2. The molecule has 2 amide bonds. The Morgan fingerprint density at radius 1 is 1.23 bits per heavy atom. The minimum absolute atomic E-state index is 0.0467. The molecule has 0 unspecified atom stereocenters. The van der Waals surface area contributed by atoms with Gasteiger partial charge in [0.1, 0.15) is 0 Å². The Labute approximate surface area is 131 Å². The number of amides is 2. The zero-order valence-corrected chi connectivity index (χ0v) is 13.2. The molecule has 1 heterocycles. The summed E-state index contributed by atoms with van der Waals surface area (Å²) in [5.74, 6) is 0.734. The van der Waals surface area contributed by atoms with Crippen molar-refractivity contribution in [3.8, 4) is 0 Å². The van der Waals surface area contributed by atoms with Crippen molar-refractivity contribution in [2.75, 3.05) is 25.0 Å². The molecule has 1 aromatic carbocycles. The molecule has 1 aliphatic rings. The molecule has 0 saturated carbocycles. The van der Waals surface area contributed by atoms with E-state index in [1.807, 2.05) is 4.90 Å². The quantitative estimate of drug-likeness (QED) is 0.876. The lowest BCUT2D eigenvalue weighted by atomic mass is 9.98. The van der Waals surface area contributed by atoms with Crippen LogP contribution in [-0.2, 0) is 4.79 Å². The molecule has 0 aromatic heterocycles. The summed E-state index contributed by atoms with van der Waals surface area (Å²) < 4.78 is 0. The fourth-order valence-corrected chi connectivity index (χ4v) is 2.58. The molecule has 2 rings (SSSR count). The van der Waals surface area contributed by atoms with Crippen molar-refractivity contribution >= 4 is 17.5 Å². The maximum Gasteiger partial charge on any atom is 0.253 e. The van der Waals surface area contributed by atoms with Crippen molar-refractivity contribution in [2.24, 2.45) is 11.7 Å². The number of hydrogen-bond acceptors (Lipinski definition) is 3. The monoisotopic (exact) mass is 303 g/mol. The minimum Gasteiger partial charge on any atom is -0.339 e. The Bertz CT molecular complexity index is 505. The first-order valence-electron chi connectivity index (χ1n) is 7.99. The van der Waals surface area contributed by atoms with Gasteiger partial charge in [-0.15, -0.1) is 0 Å². The first kappa shape index (κ1) is 16.5. The van der Waals surface area contributed by atoms with Crippen molar-refractivity contribution in [2.45, 2.75) is 32.6 Å². The molecule has 1 aliphatic heterocycles. The lowest BCUT2D eigenvalue weighted by Crippen LogP contribution is -2.37. The molecule has 3 N–H and O–H groups in total. The summed E-state index contributed by atoms with van der Waals surface area (Å²) in [6.07, 6.45) is 3.24. The summed E-state index contributed by atoms with van der Waals surface area (Å²) in [6.45, 7) is 4.40. The predicted molar refractivity (Wildman–Crippen MR) is 87.7 cm³/mol. The Kier molecular flexibility index (Phi) is 5.95. The van der Waals surface area contributed by atoms with Crippen LogP contribution in [0.1, 0.15) is 43.0 Å². The van der Waals surface area contributed by atoms with E-state index in [2.05, 4.69) is 12.2 Å². The Balaban J connectivity index is 1.91. The number of nitrogens with one attached hydrogen (secondary N) is 1. The number of benzene rings is 1. The highest BCUT2D eigenvalue weighted by atomic mass is 16.2. The Morgan fingerprint density at radius 3 is 2.45 bits per heavy atom. The van der Waals surface area contributed by atoms with Gasteiger partial charge in [-0.05, 0) is 56.0 Å². The number of nitrogens with two attached hydrogens (primary N) is 1. The van der Waals surface area contributed by atoms with E-state index in [1.54, 1.807) is 24.3 Å². The lowest BCUT2D eigenvalue weighted by Gasteiger charge is -2.30. The molecule has 5 nitrogen and oxygen atoms in total. The normalized spacial score (nSPS) is 15.6. The molecule has 1 aromatic rings. The predicted octanol–water partition coefficient (Wildman–Crippen LogP) is 2.24. The summed E-state index contributed by atoms with van der Waals surface area (Å²) in [5.41, 5.74) is 6.77. The second kappa shape index (κ2) is 7.94. The molecule has 0 spiro atoms. The van der Waals surface area contributed by atoms with Gasteiger partial charge in [0, 0.05) is 30.8 Å². The van der Waals surface area contributed by atoms with E-state index in [0.717, 1.165) is 25.9 Å². The average Bonchev–Trinajstić information content (AvgIpc) is 2.54. The highest BCUT2D eigenvalue weighted by molar-refractivity contribution is 5.95. The maximum atomic E-state index is 12.4. The summed E-state index contributed by atoms with van der Waals surface area (Å²) >= 11 is 0.